The van der Waals surface area contributed by atoms with Crippen molar-refractivity contribution in [2.75, 3.05) is 26.7 Å². The van der Waals surface area contributed by atoms with Gasteiger partial charge in [0.2, 0.25) is 5.89 Å². The molecule has 0 bridgehead atoms. The lowest BCUT2D eigenvalue weighted by molar-refractivity contribution is 0.190. The van der Waals surface area contributed by atoms with Crippen molar-refractivity contribution in [2.24, 2.45) is 0 Å². The van der Waals surface area contributed by atoms with E-state index >= 15 is 0 Å². The topological polar surface area (TPSA) is 54.2 Å². The third-order valence-corrected chi connectivity index (χ3v) is 4.35. The van der Waals surface area contributed by atoms with Crippen LogP contribution in [0, 0.1) is 5.82 Å². The van der Waals surface area contributed by atoms with E-state index in [0.717, 1.165) is 25.2 Å². The predicted molar refractivity (Wildman–Crippen MR) is 88.3 cm³/mol. The summed E-state index contributed by atoms with van der Waals surface area (Å²) in [5.41, 5.74) is 0.485. The van der Waals surface area contributed by atoms with Crippen LogP contribution < -0.4 is 5.32 Å². The van der Waals surface area contributed by atoms with Crippen molar-refractivity contribution in [1.82, 2.24) is 20.4 Å². The fraction of sp³-hybridized carbons (Fsp3) is 0.500. The van der Waals surface area contributed by atoms with Gasteiger partial charge in [-0.2, -0.15) is 4.98 Å². The van der Waals surface area contributed by atoms with Crippen molar-refractivity contribution < 1.29 is 8.91 Å². The zero-order chi connectivity index (χ0) is 15.7. The van der Waals surface area contributed by atoms with Crippen LogP contribution in [-0.2, 0) is 5.41 Å². The standard InChI is InChI=1S/C16H21FN4O.ClH/c1-16(2,11-4-6-12(17)7-5-11)15-19-14(20-22-15)13-10-18-8-9-21(13)3;/h4-7,13,18H,8-10H2,1-3H3;1H. The number of likely N-dealkylation sites (N-methyl/N-ethyl adjacent to an activating group) is 1. The van der Waals surface area contributed by atoms with Crippen LogP contribution in [0.3, 0.4) is 0 Å². The minimum absolute atomic E-state index is 0. The number of piperazine rings is 1. The van der Waals surface area contributed by atoms with E-state index in [1.54, 1.807) is 12.1 Å². The second kappa shape index (κ2) is 6.95. The monoisotopic (exact) mass is 340 g/mol. The maximum absolute atomic E-state index is 13.1. The number of nitrogens with zero attached hydrogens (tertiary/aromatic N) is 3. The average Bonchev–Trinajstić information content (AvgIpc) is 2.98. The third kappa shape index (κ3) is 3.54. The number of hydrogen-bond donors (Lipinski definition) is 1. The first kappa shape index (κ1) is 17.8. The lowest BCUT2D eigenvalue weighted by Crippen LogP contribution is -2.44. The molecule has 3 rings (SSSR count). The number of halogens is 2. The number of hydrogen-bond acceptors (Lipinski definition) is 5. The Hall–Kier alpha value is -1.50. The Bertz CT molecular complexity index is 644. The summed E-state index contributed by atoms with van der Waals surface area (Å²) in [5, 5.41) is 7.50. The van der Waals surface area contributed by atoms with Crippen LogP contribution in [0.1, 0.15) is 37.2 Å². The number of benzene rings is 1. The Morgan fingerprint density at radius 2 is 2.00 bits per heavy atom. The summed E-state index contributed by atoms with van der Waals surface area (Å²) in [6.07, 6.45) is 0. The Morgan fingerprint density at radius 3 is 2.65 bits per heavy atom. The van der Waals surface area contributed by atoms with E-state index in [9.17, 15) is 4.39 Å². The highest BCUT2D eigenvalue weighted by atomic mass is 35.5. The van der Waals surface area contributed by atoms with Gasteiger partial charge in [-0.1, -0.05) is 17.3 Å². The summed E-state index contributed by atoms with van der Waals surface area (Å²) < 4.78 is 18.6. The van der Waals surface area contributed by atoms with Crippen LogP contribution >= 0.6 is 12.4 Å². The van der Waals surface area contributed by atoms with Gasteiger partial charge < -0.3 is 9.84 Å². The Kier molecular flexibility index (Phi) is 5.39. The highest BCUT2D eigenvalue weighted by Crippen LogP contribution is 2.31. The van der Waals surface area contributed by atoms with E-state index in [1.807, 2.05) is 13.8 Å². The second-order valence-electron chi connectivity index (χ2n) is 6.29. The minimum Gasteiger partial charge on any atom is -0.338 e. The molecule has 0 saturated carbocycles. The van der Waals surface area contributed by atoms with Gasteiger partial charge >= 0.3 is 0 Å². The molecule has 0 aliphatic carbocycles. The van der Waals surface area contributed by atoms with Crippen molar-refractivity contribution in [3.8, 4) is 0 Å². The molecule has 1 aromatic carbocycles. The van der Waals surface area contributed by atoms with Crippen LogP contribution in [0.15, 0.2) is 28.8 Å². The Balaban J connectivity index is 0.00000192. The summed E-state index contributed by atoms with van der Waals surface area (Å²) in [6.45, 7) is 6.74. The maximum atomic E-state index is 13.1. The zero-order valence-electron chi connectivity index (χ0n) is 13.5. The molecule has 23 heavy (non-hydrogen) atoms. The number of nitrogens with one attached hydrogen (secondary N) is 1. The van der Waals surface area contributed by atoms with Crippen LogP contribution in [0.25, 0.3) is 0 Å². The third-order valence-electron chi connectivity index (χ3n) is 4.35. The van der Waals surface area contributed by atoms with Crippen LogP contribution in [0.5, 0.6) is 0 Å². The molecule has 1 N–H and O–H groups in total. The smallest absolute Gasteiger partial charge is 0.236 e. The molecule has 1 unspecified atom stereocenters. The molecule has 126 valence electrons. The highest BCUT2D eigenvalue weighted by Gasteiger charge is 2.32. The van der Waals surface area contributed by atoms with E-state index in [1.165, 1.54) is 12.1 Å². The molecule has 5 nitrogen and oxygen atoms in total. The minimum atomic E-state index is -0.459. The SMILES string of the molecule is CN1CCNCC1c1noc(C(C)(C)c2ccc(F)cc2)n1.Cl. The van der Waals surface area contributed by atoms with Crippen molar-refractivity contribution in [3.63, 3.8) is 0 Å². The Morgan fingerprint density at radius 1 is 1.30 bits per heavy atom. The van der Waals surface area contributed by atoms with E-state index in [2.05, 4.69) is 27.4 Å². The molecule has 1 fully saturated rings. The largest absolute Gasteiger partial charge is 0.338 e. The van der Waals surface area contributed by atoms with Crippen LogP contribution in [-0.4, -0.2) is 41.7 Å². The van der Waals surface area contributed by atoms with E-state index in [-0.39, 0.29) is 24.3 Å². The van der Waals surface area contributed by atoms with Gasteiger partial charge in [0.15, 0.2) is 5.82 Å². The van der Waals surface area contributed by atoms with Gasteiger partial charge in [-0.3, -0.25) is 4.90 Å². The maximum Gasteiger partial charge on any atom is 0.236 e. The number of aromatic nitrogens is 2. The van der Waals surface area contributed by atoms with Crippen molar-refractivity contribution >= 4 is 12.4 Å². The molecule has 1 aliphatic rings. The van der Waals surface area contributed by atoms with Gasteiger partial charge in [-0.05, 0) is 38.6 Å². The lowest BCUT2D eigenvalue weighted by atomic mass is 9.84. The second-order valence-corrected chi connectivity index (χ2v) is 6.29. The summed E-state index contributed by atoms with van der Waals surface area (Å²) in [4.78, 5) is 6.82. The van der Waals surface area contributed by atoms with Crippen molar-refractivity contribution in [3.05, 3.63) is 47.4 Å². The molecule has 7 heteroatoms. The molecule has 1 aliphatic heterocycles. The van der Waals surface area contributed by atoms with Crippen LogP contribution in [0.4, 0.5) is 4.39 Å². The van der Waals surface area contributed by atoms with Gasteiger partial charge in [0.1, 0.15) is 5.82 Å². The molecule has 2 aromatic rings. The molecule has 0 amide bonds. The lowest BCUT2D eigenvalue weighted by Gasteiger charge is -2.30. The van der Waals surface area contributed by atoms with E-state index < -0.39 is 5.41 Å². The Labute approximate surface area is 141 Å². The average molecular weight is 341 g/mol. The van der Waals surface area contributed by atoms with Crippen molar-refractivity contribution in [2.45, 2.75) is 25.3 Å². The number of rotatable bonds is 3. The first-order chi connectivity index (χ1) is 10.5. The fourth-order valence-electron chi connectivity index (χ4n) is 2.71. The summed E-state index contributed by atoms with van der Waals surface area (Å²) in [6, 6.07) is 6.54. The van der Waals surface area contributed by atoms with Gasteiger partial charge in [-0.25, -0.2) is 4.39 Å². The molecule has 1 aromatic heterocycles. The van der Waals surface area contributed by atoms with Gasteiger partial charge in [0.05, 0.1) is 11.5 Å². The fourth-order valence-corrected chi connectivity index (χ4v) is 2.71. The predicted octanol–water partition coefficient (Wildman–Crippen LogP) is 2.53. The van der Waals surface area contributed by atoms with Crippen molar-refractivity contribution in [1.29, 1.82) is 0 Å². The quantitative estimate of drug-likeness (QED) is 0.930. The van der Waals surface area contributed by atoms with Gasteiger partial charge in [-0.15, -0.1) is 12.4 Å². The van der Waals surface area contributed by atoms with E-state index in [4.69, 9.17) is 4.52 Å². The zero-order valence-corrected chi connectivity index (χ0v) is 14.4. The molecule has 2 heterocycles. The summed E-state index contributed by atoms with van der Waals surface area (Å²) >= 11 is 0. The summed E-state index contributed by atoms with van der Waals surface area (Å²) in [7, 11) is 2.06. The first-order valence-electron chi connectivity index (χ1n) is 7.49. The molecule has 1 atom stereocenters. The highest BCUT2D eigenvalue weighted by molar-refractivity contribution is 5.85. The molecule has 0 spiro atoms. The summed E-state index contributed by atoms with van der Waals surface area (Å²) in [5.74, 6) is 0.994. The first-order valence-corrected chi connectivity index (χ1v) is 7.49. The molecular weight excluding hydrogens is 319 g/mol. The van der Waals surface area contributed by atoms with Gasteiger partial charge in [0, 0.05) is 19.6 Å². The van der Waals surface area contributed by atoms with E-state index in [0.29, 0.717) is 11.7 Å². The van der Waals surface area contributed by atoms with Gasteiger partial charge in [0.25, 0.3) is 0 Å². The van der Waals surface area contributed by atoms with Crippen LogP contribution in [0.2, 0.25) is 0 Å². The normalized spacial score (nSPS) is 19.4. The molecule has 0 radical (unpaired) electrons. The molecular formula is C16H22ClFN4O. The molecule has 1 saturated heterocycles.